The Morgan fingerprint density at radius 2 is 1.67 bits per heavy atom. The lowest BCUT2D eigenvalue weighted by Gasteiger charge is -2.34. The summed E-state index contributed by atoms with van der Waals surface area (Å²) >= 11 is 0. The summed E-state index contributed by atoms with van der Waals surface area (Å²) in [6, 6.07) is 16.5. The van der Waals surface area contributed by atoms with E-state index in [1.165, 1.54) is 0 Å². The number of benzene rings is 1. The first-order valence-corrected chi connectivity index (χ1v) is 16.6. The van der Waals surface area contributed by atoms with Gasteiger partial charge in [-0.2, -0.15) is 0 Å². The van der Waals surface area contributed by atoms with Gasteiger partial charge in [0.15, 0.2) is 5.65 Å². The van der Waals surface area contributed by atoms with Crippen molar-refractivity contribution in [2.75, 3.05) is 29.9 Å². The number of rotatable bonds is 9. The zero-order chi connectivity index (χ0) is 34.5. The molecule has 0 radical (unpaired) electrons. The van der Waals surface area contributed by atoms with Crippen molar-refractivity contribution in [3.05, 3.63) is 83.4 Å². The SMILES string of the molecule is Cc1c(NCC(NC(=O)OCc2ccccc2)C(=O)OC(C)(C)C)nc(C(C)(C)C)nc1N1CCC(c2ccc3cccnc3n2)CC1. The van der Waals surface area contributed by atoms with Crippen LogP contribution in [0.2, 0.25) is 0 Å². The number of carbonyl (C=O) groups excluding carboxylic acids is 2. The van der Waals surface area contributed by atoms with E-state index in [4.69, 9.17) is 24.4 Å². The highest BCUT2D eigenvalue weighted by Gasteiger charge is 2.30. The third-order valence-corrected chi connectivity index (χ3v) is 8.16. The van der Waals surface area contributed by atoms with Crippen molar-refractivity contribution < 1.29 is 19.1 Å². The molecule has 1 aromatic carbocycles. The lowest BCUT2D eigenvalue weighted by Crippen LogP contribution is -2.48. The van der Waals surface area contributed by atoms with Gasteiger partial charge in [-0.25, -0.2) is 29.5 Å². The van der Waals surface area contributed by atoms with Crippen LogP contribution in [0.4, 0.5) is 16.4 Å². The first kappa shape index (κ1) is 34.5. The number of amides is 1. The Kier molecular flexibility index (Phi) is 10.5. The minimum atomic E-state index is -1.02. The second kappa shape index (κ2) is 14.5. The summed E-state index contributed by atoms with van der Waals surface area (Å²) in [5, 5.41) is 7.07. The number of nitrogens with zero attached hydrogens (tertiary/aromatic N) is 5. The van der Waals surface area contributed by atoms with E-state index in [1.54, 1.807) is 27.0 Å². The van der Waals surface area contributed by atoms with Crippen LogP contribution in [0.15, 0.2) is 60.8 Å². The standard InChI is InChI=1S/C37H47N7O4/c1-24-30(39-22-29(33(45)48-37(5,6)7)41-35(46)47-23-25-12-9-8-10-13-25)42-34(36(2,3)4)43-32(24)44-20-17-26(18-21-44)28-16-15-27-14-11-19-38-31(27)40-28/h8-16,19,26,29H,17-18,20-23H2,1-7H3,(H,41,46)(H,39,42,43). The lowest BCUT2D eigenvalue weighted by molar-refractivity contribution is -0.156. The number of fused-ring (bicyclic) bond motifs is 1. The molecule has 1 atom stereocenters. The van der Waals surface area contributed by atoms with E-state index in [0.717, 1.165) is 59.6 Å². The van der Waals surface area contributed by atoms with Gasteiger partial charge in [0, 0.05) is 53.8 Å². The number of ether oxygens (including phenoxy) is 2. The average molecular weight is 654 g/mol. The zero-order valence-corrected chi connectivity index (χ0v) is 29.0. The van der Waals surface area contributed by atoms with Gasteiger partial charge in [-0.15, -0.1) is 0 Å². The minimum absolute atomic E-state index is 0.0416. The number of piperidine rings is 1. The van der Waals surface area contributed by atoms with Crippen LogP contribution in [0.3, 0.4) is 0 Å². The van der Waals surface area contributed by atoms with Crippen molar-refractivity contribution in [1.82, 2.24) is 25.3 Å². The van der Waals surface area contributed by atoms with Gasteiger partial charge >= 0.3 is 12.1 Å². The van der Waals surface area contributed by atoms with Crippen LogP contribution in [-0.2, 0) is 26.3 Å². The third-order valence-electron chi connectivity index (χ3n) is 8.16. The molecule has 11 nitrogen and oxygen atoms in total. The number of pyridine rings is 2. The van der Waals surface area contributed by atoms with Crippen LogP contribution in [0.1, 0.15) is 82.9 Å². The second-order valence-corrected chi connectivity index (χ2v) is 14.3. The maximum absolute atomic E-state index is 13.3. The van der Waals surface area contributed by atoms with E-state index in [9.17, 15) is 9.59 Å². The molecule has 1 aliphatic heterocycles. The molecule has 1 saturated heterocycles. The number of nitrogens with one attached hydrogen (secondary N) is 2. The van der Waals surface area contributed by atoms with Gasteiger partial charge in [0.2, 0.25) is 0 Å². The van der Waals surface area contributed by atoms with Gasteiger partial charge < -0.3 is 25.0 Å². The number of esters is 1. The molecule has 11 heteroatoms. The van der Waals surface area contributed by atoms with Crippen LogP contribution in [0.25, 0.3) is 11.0 Å². The van der Waals surface area contributed by atoms with Crippen LogP contribution in [0.5, 0.6) is 0 Å². The predicted molar refractivity (Wildman–Crippen MR) is 187 cm³/mol. The number of hydrogen-bond donors (Lipinski definition) is 2. The van der Waals surface area contributed by atoms with Crippen LogP contribution >= 0.6 is 0 Å². The molecule has 1 aliphatic rings. The van der Waals surface area contributed by atoms with Crippen molar-refractivity contribution in [1.29, 1.82) is 0 Å². The molecule has 1 unspecified atom stereocenters. The molecule has 48 heavy (non-hydrogen) atoms. The molecule has 254 valence electrons. The molecular formula is C37H47N7O4. The summed E-state index contributed by atoms with van der Waals surface area (Å²) in [5.41, 5.74) is 2.48. The monoisotopic (exact) mass is 653 g/mol. The Labute approximate surface area is 282 Å². The second-order valence-electron chi connectivity index (χ2n) is 14.3. The largest absolute Gasteiger partial charge is 0.458 e. The molecule has 0 spiro atoms. The fraction of sp³-hybridized carbons (Fsp3) is 0.459. The molecule has 0 bridgehead atoms. The summed E-state index contributed by atoms with van der Waals surface area (Å²) < 4.78 is 11.1. The molecule has 2 N–H and O–H groups in total. The molecule has 0 aliphatic carbocycles. The Morgan fingerprint density at radius 3 is 2.35 bits per heavy atom. The molecule has 4 aromatic rings. The maximum atomic E-state index is 13.3. The number of carbonyl (C=O) groups is 2. The topological polar surface area (TPSA) is 131 Å². The number of anilines is 2. The van der Waals surface area contributed by atoms with Gasteiger partial charge in [-0.3, -0.25) is 0 Å². The summed E-state index contributed by atoms with van der Waals surface area (Å²) in [7, 11) is 0. The summed E-state index contributed by atoms with van der Waals surface area (Å²) in [5.74, 6) is 1.89. The molecule has 5 rings (SSSR count). The van der Waals surface area contributed by atoms with Crippen LogP contribution in [-0.4, -0.2) is 63.3 Å². The normalized spacial score (nSPS) is 14.8. The maximum Gasteiger partial charge on any atom is 0.408 e. The zero-order valence-electron chi connectivity index (χ0n) is 29.0. The quantitative estimate of drug-likeness (QED) is 0.194. The van der Waals surface area contributed by atoms with E-state index >= 15 is 0 Å². The van der Waals surface area contributed by atoms with Gasteiger partial charge in [-0.05, 0) is 70.4 Å². The first-order valence-electron chi connectivity index (χ1n) is 16.6. The van der Waals surface area contributed by atoms with Crippen molar-refractivity contribution in [2.45, 2.75) is 90.9 Å². The Hall–Kier alpha value is -4.80. The van der Waals surface area contributed by atoms with Crippen molar-refractivity contribution in [3.63, 3.8) is 0 Å². The Bertz CT molecular complexity index is 1730. The molecule has 1 amide bonds. The van der Waals surface area contributed by atoms with Crippen molar-refractivity contribution in [2.24, 2.45) is 0 Å². The van der Waals surface area contributed by atoms with Gasteiger partial charge in [0.25, 0.3) is 0 Å². The van der Waals surface area contributed by atoms with Crippen LogP contribution in [0, 0.1) is 6.92 Å². The molecule has 3 aromatic heterocycles. The Morgan fingerprint density at radius 1 is 0.938 bits per heavy atom. The van der Waals surface area contributed by atoms with Gasteiger partial charge in [0.1, 0.15) is 35.7 Å². The third kappa shape index (κ3) is 8.96. The molecule has 1 fully saturated rings. The summed E-state index contributed by atoms with van der Waals surface area (Å²) in [6.45, 7) is 15.3. The average Bonchev–Trinajstić information content (AvgIpc) is 3.05. The van der Waals surface area contributed by atoms with E-state index in [2.05, 4.69) is 53.4 Å². The highest BCUT2D eigenvalue weighted by atomic mass is 16.6. The first-order chi connectivity index (χ1) is 22.8. The van der Waals surface area contributed by atoms with Crippen molar-refractivity contribution >= 4 is 34.7 Å². The lowest BCUT2D eigenvalue weighted by atomic mass is 9.92. The van der Waals surface area contributed by atoms with E-state index < -0.39 is 23.7 Å². The molecular weight excluding hydrogens is 606 g/mol. The van der Waals surface area contributed by atoms with Gasteiger partial charge in [-0.1, -0.05) is 51.1 Å². The minimum Gasteiger partial charge on any atom is -0.458 e. The Balaban J connectivity index is 1.32. The highest BCUT2D eigenvalue weighted by molar-refractivity contribution is 5.82. The highest BCUT2D eigenvalue weighted by Crippen LogP contribution is 2.34. The molecule has 0 saturated carbocycles. The number of alkyl carbamates (subject to hydrolysis) is 1. The molecule has 4 heterocycles. The van der Waals surface area contributed by atoms with E-state index in [0.29, 0.717) is 17.6 Å². The number of hydrogen-bond acceptors (Lipinski definition) is 10. The fourth-order valence-electron chi connectivity index (χ4n) is 5.57. The smallest absolute Gasteiger partial charge is 0.408 e. The van der Waals surface area contributed by atoms with Crippen molar-refractivity contribution in [3.8, 4) is 0 Å². The predicted octanol–water partition coefficient (Wildman–Crippen LogP) is 6.46. The van der Waals surface area contributed by atoms with E-state index in [-0.39, 0.29) is 18.6 Å². The summed E-state index contributed by atoms with van der Waals surface area (Å²) in [4.78, 5) is 47.6. The van der Waals surface area contributed by atoms with Gasteiger partial charge in [0.05, 0.1) is 0 Å². The van der Waals surface area contributed by atoms with E-state index in [1.807, 2.05) is 49.4 Å². The fourth-order valence-corrected chi connectivity index (χ4v) is 5.57. The van der Waals surface area contributed by atoms with Crippen LogP contribution < -0.4 is 15.5 Å². The number of aromatic nitrogens is 4. The summed E-state index contributed by atoms with van der Waals surface area (Å²) in [6.07, 6.45) is 2.92.